The number of anilines is 2. The van der Waals surface area contributed by atoms with Gasteiger partial charge in [0, 0.05) is 42.0 Å². The van der Waals surface area contributed by atoms with Gasteiger partial charge in [-0.25, -0.2) is 0 Å². The van der Waals surface area contributed by atoms with E-state index in [9.17, 15) is 9.59 Å². The summed E-state index contributed by atoms with van der Waals surface area (Å²) >= 11 is 8.32. The van der Waals surface area contributed by atoms with E-state index >= 15 is 0 Å². The van der Waals surface area contributed by atoms with Gasteiger partial charge in [-0.2, -0.15) is 0 Å². The molecule has 0 spiro atoms. The maximum Gasteiger partial charge on any atom is 0.264 e. The van der Waals surface area contributed by atoms with Gasteiger partial charge in [0.15, 0.2) is 0 Å². The molecular formula is C23H21Br2N3O3S. The molecule has 0 atom stereocenters. The Bertz CT molecular complexity index is 1110. The smallest absolute Gasteiger partial charge is 0.264 e. The standard InChI is InChI=1S/C23H21Br2N3O3S/c1-31-21-18(13-15(24)14-19(21)25)22(29)26-16-4-6-17(7-5-16)27-8-10-28(11-9-27)23(30)20-3-2-12-32-20/h2-7,12-14H,8-11H2,1H3,(H,26,29). The van der Waals surface area contributed by atoms with E-state index in [4.69, 9.17) is 4.74 Å². The molecule has 32 heavy (non-hydrogen) atoms. The molecule has 0 aliphatic carbocycles. The highest BCUT2D eigenvalue weighted by molar-refractivity contribution is 9.11. The molecule has 2 aromatic carbocycles. The summed E-state index contributed by atoms with van der Waals surface area (Å²) in [7, 11) is 1.54. The lowest BCUT2D eigenvalue weighted by molar-refractivity contribution is 0.0751. The van der Waals surface area contributed by atoms with Crippen LogP contribution in [0.5, 0.6) is 5.75 Å². The molecule has 1 aliphatic rings. The van der Waals surface area contributed by atoms with Gasteiger partial charge in [0.1, 0.15) is 5.75 Å². The van der Waals surface area contributed by atoms with Crippen LogP contribution in [0.2, 0.25) is 0 Å². The van der Waals surface area contributed by atoms with E-state index in [-0.39, 0.29) is 11.8 Å². The minimum atomic E-state index is -0.252. The highest BCUT2D eigenvalue weighted by Crippen LogP contribution is 2.33. The quantitative estimate of drug-likeness (QED) is 0.434. The van der Waals surface area contributed by atoms with E-state index in [1.807, 2.05) is 52.7 Å². The summed E-state index contributed by atoms with van der Waals surface area (Å²) in [6.07, 6.45) is 0. The van der Waals surface area contributed by atoms with Gasteiger partial charge in [-0.05, 0) is 63.8 Å². The first kappa shape index (κ1) is 22.8. The molecule has 0 bridgehead atoms. The van der Waals surface area contributed by atoms with Gasteiger partial charge in [0.2, 0.25) is 0 Å². The van der Waals surface area contributed by atoms with Crippen LogP contribution in [-0.2, 0) is 0 Å². The maximum atomic E-state index is 12.8. The maximum absolute atomic E-state index is 12.8. The zero-order valence-electron chi connectivity index (χ0n) is 17.3. The summed E-state index contributed by atoms with van der Waals surface area (Å²) in [6, 6.07) is 15.1. The number of carbonyl (C=O) groups is 2. The van der Waals surface area contributed by atoms with Crippen LogP contribution in [0.15, 0.2) is 62.9 Å². The van der Waals surface area contributed by atoms with Gasteiger partial charge in [0.05, 0.1) is 22.0 Å². The Labute approximate surface area is 207 Å². The van der Waals surface area contributed by atoms with Crippen molar-refractivity contribution in [1.82, 2.24) is 4.90 Å². The molecule has 1 saturated heterocycles. The Kier molecular flexibility index (Phi) is 7.17. The van der Waals surface area contributed by atoms with Gasteiger partial charge in [-0.3, -0.25) is 9.59 Å². The number of ether oxygens (including phenoxy) is 1. The number of nitrogens with zero attached hydrogens (tertiary/aromatic N) is 2. The summed E-state index contributed by atoms with van der Waals surface area (Å²) in [5.74, 6) is 0.335. The Hall–Kier alpha value is -2.36. The number of piperazine rings is 1. The third-order valence-electron chi connectivity index (χ3n) is 5.25. The molecule has 2 amide bonds. The van der Waals surface area contributed by atoms with Crippen molar-refractivity contribution in [3.05, 3.63) is 73.3 Å². The third-order valence-corrected chi connectivity index (χ3v) is 7.15. The summed E-state index contributed by atoms with van der Waals surface area (Å²) in [6.45, 7) is 2.91. The van der Waals surface area contributed by atoms with E-state index in [1.54, 1.807) is 6.07 Å². The highest BCUT2D eigenvalue weighted by atomic mass is 79.9. The average Bonchev–Trinajstić information content (AvgIpc) is 3.34. The van der Waals surface area contributed by atoms with Crippen LogP contribution in [0, 0.1) is 0 Å². The number of carbonyl (C=O) groups excluding carboxylic acids is 2. The summed E-state index contributed by atoms with van der Waals surface area (Å²) < 4.78 is 6.86. The Morgan fingerprint density at radius 2 is 1.75 bits per heavy atom. The number of amides is 2. The number of methoxy groups -OCH3 is 1. The van der Waals surface area contributed by atoms with Crippen LogP contribution < -0.4 is 15.0 Å². The monoisotopic (exact) mass is 577 g/mol. The van der Waals surface area contributed by atoms with Crippen molar-refractivity contribution >= 4 is 66.4 Å². The van der Waals surface area contributed by atoms with E-state index < -0.39 is 0 Å². The second-order valence-corrected chi connectivity index (χ2v) is 9.94. The summed E-state index contributed by atoms with van der Waals surface area (Å²) in [5, 5.41) is 4.85. The lowest BCUT2D eigenvalue weighted by Gasteiger charge is -2.36. The van der Waals surface area contributed by atoms with Crippen LogP contribution in [0.4, 0.5) is 11.4 Å². The van der Waals surface area contributed by atoms with Gasteiger partial charge >= 0.3 is 0 Å². The number of halogens is 2. The second-order valence-electron chi connectivity index (χ2n) is 7.23. The molecule has 1 fully saturated rings. The molecular weight excluding hydrogens is 558 g/mol. The van der Waals surface area contributed by atoms with Crippen molar-refractivity contribution in [2.24, 2.45) is 0 Å². The predicted octanol–water partition coefficient (Wildman–Crippen LogP) is 5.50. The minimum absolute atomic E-state index is 0.104. The minimum Gasteiger partial charge on any atom is -0.495 e. The average molecular weight is 579 g/mol. The topological polar surface area (TPSA) is 61.9 Å². The summed E-state index contributed by atoms with van der Waals surface area (Å²) in [5.41, 5.74) is 2.20. The van der Waals surface area contributed by atoms with Crippen molar-refractivity contribution in [3.8, 4) is 5.75 Å². The van der Waals surface area contributed by atoms with Crippen molar-refractivity contribution in [3.63, 3.8) is 0 Å². The first-order valence-electron chi connectivity index (χ1n) is 9.98. The third kappa shape index (κ3) is 5.00. The normalized spacial score (nSPS) is 13.7. The lowest BCUT2D eigenvalue weighted by atomic mass is 10.1. The number of hydrogen-bond donors (Lipinski definition) is 1. The van der Waals surface area contributed by atoms with Gasteiger partial charge in [-0.1, -0.05) is 22.0 Å². The molecule has 0 saturated carbocycles. The number of hydrogen-bond acceptors (Lipinski definition) is 5. The predicted molar refractivity (Wildman–Crippen MR) is 135 cm³/mol. The Balaban J connectivity index is 1.38. The van der Waals surface area contributed by atoms with Crippen LogP contribution in [0.1, 0.15) is 20.0 Å². The van der Waals surface area contributed by atoms with Crippen molar-refractivity contribution in [1.29, 1.82) is 0 Å². The second kappa shape index (κ2) is 10.1. The largest absolute Gasteiger partial charge is 0.495 e. The van der Waals surface area contributed by atoms with E-state index in [1.165, 1.54) is 18.4 Å². The summed E-state index contributed by atoms with van der Waals surface area (Å²) in [4.78, 5) is 30.3. The number of rotatable bonds is 5. The van der Waals surface area contributed by atoms with Gasteiger partial charge in [-0.15, -0.1) is 11.3 Å². The number of thiophene rings is 1. The molecule has 0 radical (unpaired) electrons. The van der Waals surface area contributed by atoms with Crippen molar-refractivity contribution in [2.75, 3.05) is 43.5 Å². The van der Waals surface area contributed by atoms with E-state index in [0.29, 0.717) is 34.6 Å². The number of benzene rings is 2. The molecule has 166 valence electrons. The fourth-order valence-corrected chi connectivity index (χ4v) is 5.69. The van der Waals surface area contributed by atoms with Crippen molar-refractivity contribution < 1.29 is 14.3 Å². The zero-order chi connectivity index (χ0) is 22.7. The molecule has 9 heteroatoms. The molecule has 3 aromatic rings. The molecule has 0 unspecified atom stereocenters. The fourth-order valence-electron chi connectivity index (χ4n) is 3.61. The fraction of sp³-hybridized carbons (Fsp3) is 0.217. The molecule has 1 aliphatic heterocycles. The first-order chi connectivity index (χ1) is 15.5. The SMILES string of the molecule is COc1c(Br)cc(Br)cc1C(=O)Nc1ccc(N2CCN(C(=O)c3cccs3)CC2)cc1. The van der Waals surface area contributed by atoms with E-state index in [0.717, 1.165) is 28.1 Å². The van der Waals surface area contributed by atoms with Gasteiger partial charge < -0.3 is 19.9 Å². The highest BCUT2D eigenvalue weighted by Gasteiger charge is 2.23. The zero-order valence-corrected chi connectivity index (χ0v) is 21.3. The van der Waals surface area contributed by atoms with E-state index in [2.05, 4.69) is 42.1 Å². The van der Waals surface area contributed by atoms with Gasteiger partial charge in [0.25, 0.3) is 11.8 Å². The number of nitrogens with one attached hydrogen (secondary N) is 1. The van der Waals surface area contributed by atoms with Crippen LogP contribution in [-0.4, -0.2) is 50.0 Å². The van der Waals surface area contributed by atoms with Crippen molar-refractivity contribution in [2.45, 2.75) is 0 Å². The van der Waals surface area contributed by atoms with Crippen LogP contribution >= 0.6 is 43.2 Å². The molecule has 1 N–H and O–H groups in total. The Morgan fingerprint density at radius 3 is 2.38 bits per heavy atom. The van der Waals surface area contributed by atoms with Crippen LogP contribution in [0.25, 0.3) is 0 Å². The molecule has 2 heterocycles. The molecule has 1 aromatic heterocycles. The Morgan fingerprint density at radius 1 is 1.03 bits per heavy atom. The first-order valence-corrected chi connectivity index (χ1v) is 12.4. The van der Waals surface area contributed by atoms with Crippen LogP contribution in [0.3, 0.4) is 0 Å². The molecule has 4 rings (SSSR count). The lowest BCUT2D eigenvalue weighted by Crippen LogP contribution is -2.48. The molecule has 6 nitrogen and oxygen atoms in total.